The zero-order chi connectivity index (χ0) is 15.5. The Labute approximate surface area is 140 Å². The molecule has 2 heterocycles. The van der Waals surface area contributed by atoms with E-state index in [2.05, 4.69) is 57.4 Å². The van der Waals surface area contributed by atoms with Crippen LogP contribution in [0.5, 0.6) is 0 Å². The number of nitrogens with zero attached hydrogens (tertiary/aromatic N) is 1. The fraction of sp³-hybridized carbons (Fsp3) is 0.125. The summed E-state index contributed by atoms with van der Waals surface area (Å²) in [6.45, 7) is 2.43. The molecule has 112 valence electrons. The van der Waals surface area contributed by atoms with E-state index in [0.717, 1.165) is 16.3 Å². The summed E-state index contributed by atoms with van der Waals surface area (Å²) in [5, 5.41) is 5.69. The molecule has 6 heteroatoms. The fourth-order valence-electron chi connectivity index (χ4n) is 1.91. The Morgan fingerprint density at radius 1 is 1.27 bits per heavy atom. The molecule has 4 nitrogen and oxygen atoms in total. The summed E-state index contributed by atoms with van der Waals surface area (Å²) in [4.78, 5) is 16.4. The molecular weight excluding hydrogens is 364 g/mol. The predicted octanol–water partition coefficient (Wildman–Crippen LogP) is 4.40. The molecule has 0 aliphatic heterocycles. The molecule has 22 heavy (non-hydrogen) atoms. The van der Waals surface area contributed by atoms with Crippen LogP contribution in [0.1, 0.15) is 21.8 Å². The Bertz CT molecular complexity index is 793. The molecule has 0 saturated carbocycles. The van der Waals surface area contributed by atoms with Gasteiger partial charge in [-0.3, -0.25) is 4.79 Å². The van der Waals surface area contributed by atoms with Crippen LogP contribution in [0.2, 0.25) is 0 Å². The van der Waals surface area contributed by atoms with Gasteiger partial charge in [0.15, 0.2) is 10.4 Å². The first-order chi connectivity index (χ1) is 10.6. The Hall–Kier alpha value is -1.92. The lowest BCUT2D eigenvalue weighted by Gasteiger charge is -2.00. The molecule has 3 aromatic rings. The molecular formula is C16H13BrN2O2S. The summed E-state index contributed by atoms with van der Waals surface area (Å²) in [6.07, 6.45) is 0. The summed E-state index contributed by atoms with van der Waals surface area (Å²) in [6, 6.07) is 11.5. The van der Waals surface area contributed by atoms with Crippen molar-refractivity contribution >= 4 is 33.2 Å². The van der Waals surface area contributed by atoms with E-state index in [1.165, 1.54) is 5.56 Å². The molecule has 0 radical (unpaired) electrons. The maximum Gasteiger partial charge on any atom is 0.287 e. The van der Waals surface area contributed by atoms with E-state index in [0.29, 0.717) is 11.2 Å². The minimum atomic E-state index is -0.254. The summed E-state index contributed by atoms with van der Waals surface area (Å²) in [7, 11) is 0. The highest BCUT2D eigenvalue weighted by atomic mass is 79.9. The minimum absolute atomic E-state index is 0.254. The van der Waals surface area contributed by atoms with Gasteiger partial charge < -0.3 is 9.73 Å². The molecule has 0 bridgehead atoms. The minimum Gasteiger partial charge on any atom is -0.444 e. The number of aromatic nitrogens is 1. The number of benzene rings is 1. The van der Waals surface area contributed by atoms with Crippen LogP contribution in [-0.4, -0.2) is 10.9 Å². The van der Waals surface area contributed by atoms with Crippen molar-refractivity contribution in [2.24, 2.45) is 0 Å². The van der Waals surface area contributed by atoms with E-state index in [1.807, 2.05) is 5.38 Å². The Morgan fingerprint density at radius 2 is 2.05 bits per heavy atom. The van der Waals surface area contributed by atoms with Gasteiger partial charge in [-0.1, -0.05) is 29.8 Å². The molecule has 1 amide bonds. The third-order valence-electron chi connectivity index (χ3n) is 3.08. The zero-order valence-electron chi connectivity index (χ0n) is 11.8. The fourth-order valence-corrected chi connectivity index (χ4v) is 3.04. The van der Waals surface area contributed by atoms with Gasteiger partial charge in [0.2, 0.25) is 0 Å². The molecule has 1 N–H and O–H groups in total. The van der Waals surface area contributed by atoms with Gasteiger partial charge >= 0.3 is 0 Å². The van der Waals surface area contributed by atoms with Crippen LogP contribution in [0, 0.1) is 6.92 Å². The van der Waals surface area contributed by atoms with Gasteiger partial charge in [-0.15, -0.1) is 11.3 Å². The number of hydrogen-bond acceptors (Lipinski definition) is 4. The number of nitrogens with one attached hydrogen (secondary N) is 1. The second-order valence-corrected chi connectivity index (χ2v) is 6.44. The number of thiazole rings is 1. The van der Waals surface area contributed by atoms with Crippen LogP contribution in [0.15, 0.2) is 50.9 Å². The van der Waals surface area contributed by atoms with Crippen molar-refractivity contribution < 1.29 is 9.21 Å². The lowest BCUT2D eigenvalue weighted by atomic mass is 10.2. The van der Waals surface area contributed by atoms with Crippen LogP contribution in [0.25, 0.3) is 10.6 Å². The Morgan fingerprint density at radius 3 is 2.73 bits per heavy atom. The molecule has 3 rings (SSSR count). The first-order valence-electron chi connectivity index (χ1n) is 6.67. The van der Waals surface area contributed by atoms with Crippen molar-refractivity contribution in [1.82, 2.24) is 10.3 Å². The van der Waals surface area contributed by atoms with Crippen molar-refractivity contribution in [2.45, 2.75) is 13.5 Å². The molecule has 0 fully saturated rings. The van der Waals surface area contributed by atoms with Crippen molar-refractivity contribution in [3.63, 3.8) is 0 Å². The number of amides is 1. The molecule has 0 saturated heterocycles. The number of carbonyl (C=O) groups is 1. The lowest BCUT2D eigenvalue weighted by molar-refractivity contribution is 0.0921. The Kier molecular flexibility index (Phi) is 4.40. The van der Waals surface area contributed by atoms with Crippen molar-refractivity contribution in [3.05, 3.63) is 63.5 Å². The van der Waals surface area contributed by atoms with Crippen LogP contribution in [-0.2, 0) is 6.54 Å². The molecule has 0 spiro atoms. The normalized spacial score (nSPS) is 10.6. The number of hydrogen-bond donors (Lipinski definition) is 1. The van der Waals surface area contributed by atoms with Gasteiger partial charge in [-0.2, -0.15) is 0 Å². The molecule has 0 atom stereocenters. The average molecular weight is 377 g/mol. The number of carbonyl (C=O) groups excluding carboxylic acids is 1. The second kappa shape index (κ2) is 6.46. The zero-order valence-corrected chi connectivity index (χ0v) is 14.2. The number of rotatable bonds is 4. The predicted molar refractivity (Wildman–Crippen MR) is 89.9 cm³/mol. The third kappa shape index (κ3) is 3.45. The maximum absolute atomic E-state index is 11.9. The van der Waals surface area contributed by atoms with E-state index in [-0.39, 0.29) is 11.7 Å². The summed E-state index contributed by atoms with van der Waals surface area (Å²) < 4.78 is 5.74. The van der Waals surface area contributed by atoms with Gasteiger partial charge in [-0.25, -0.2) is 4.98 Å². The van der Waals surface area contributed by atoms with E-state index in [4.69, 9.17) is 4.42 Å². The molecule has 0 aliphatic rings. The molecule has 0 aliphatic carbocycles. The van der Waals surface area contributed by atoms with Gasteiger partial charge in [0.05, 0.1) is 12.2 Å². The standard InChI is InChI=1S/C16H13BrN2O2S/c1-10-2-4-11(5-3-10)16-19-12(9-22-16)8-18-15(20)13-6-7-14(17)21-13/h2-7,9H,8H2,1H3,(H,18,20). The van der Waals surface area contributed by atoms with E-state index >= 15 is 0 Å². The lowest BCUT2D eigenvalue weighted by Crippen LogP contribution is -2.22. The maximum atomic E-state index is 11.9. The monoisotopic (exact) mass is 376 g/mol. The quantitative estimate of drug-likeness (QED) is 0.733. The van der Waals surface area contributed by atoms with Gasteiger partial charge in [-0.05, 0) is 35.0 Å². The molecule has 2 aromatic heterocycles. The highest BCUT2D eigenvalue weighted by molar-refractivity contribution is 9.10. The van der Waals surface area contributed by atoms with Gasteiger partial charge in [0, 0.05) is 10.9 Å². The second-order valence-electron chi connectivity index (χ2n) is 4.80. The number of halogens is 1. The largest absolute Gasteiger partial charge is 0.444 e. The number of furan rings is 1. The van der Waals surface area contributed by atoms with Crippen molar-refractivity contribution in [2.75, 3.05) is 0 Å². The van der Waals surface area contributed by atoms with Gasteiger partial charge in [0.25, 0.3) is 5.91 Å². The highest BCUT2D eigenvalue weighted by Crippen LogP contribution is 2.24. The van der Waals surface area contributed by atoms with Crippen LogP contribution < -0.4 is 5.32 Å². The van der Waals surface area contributed by atoms with Crippen molar-refractivity contribution in [3.8, 4) is 10.6 Å². The van der Waals surface area contributed by atoms with Crippen LogP contribution in [0.4, 0.5) is 0 Å². The van der Waals surface area contributed by atoms with Crippen molar-refractivity contribution in [1.29, 1.82) is 0 Å². The number of aryl methyl sites for hydroxylation is 1. The topological polar surface area (TPSA) is 55.1 Å². The SMILES string of the molecule is Cc1ccc(-c2nc(CNC(=O)c3ccc(Br)o3)cs2)cc1. The summed E-state index contributed by atoms with van der Waals surface area (Å²) >= 11 is 4.74. The molecule has 0 unspecified atom stereocenters. The first kappa shape index (κ1) is 15.0. The van der Waals surface area contributed by atoms with Crippen LogP contribution in [0.3, 0.4) is 0 Å². The first-order valence-corrected chi connectivity index (χ1v) is 8.34. The average Bonchev–Trinajstić information content (AvgIpc) is 3.15. The van der Waals surface area contributed by atoms with E-state index < -0.39 is 0 Å². The smallest absolute Gasteiger partial charge is 0.287 e. The van der Waals surface area contributed by atoms with Crippen LogP contribution >= 0.6 is 27.3 Å². The summed E-state index contributed by atoms with van der Waals surface area (Å²) in [5.74, 6) is 0.0245. The summed E-state index contributed by atoms with van der Waals surface area (Å²) in [5.41, 5.74) is 3.14. The van der Waals surface area contributed by atoms with E-state index in [1.54, 1.807) is 23.5 Å². The molecule has 1 aromatic carbocycles. The van der Waals surface area contributed by atoms with Gasteiger partial charge in [0.1, 0.15) is 5.01 Å². The van der Waals surface area contributed by atoms with E-state index in [9.17, 15) is 4.79 Å². The highest BCUT2D eigenvalue weighted by Gasteiger charge is 2.11. The third-order valence-corrected chi connectivity index (χ3v) is 4.44. The Balaban J connectivity index is 1.64.